The van der Waals surface area contributed by atoms with Crippen molar-refractivity contribution in [2.75, 3.05) is 0 Å². The van der Waals surface area contributed by atoms with E-state index in [1.54, 1.807) is 0 Å². The molecule has 0 radical (unpaired) electrons. The van der Waals surface area contributed by atoms with E-state index in [4.69, 9.17) is 4.74 Å². The van der Waals surface area contributed by atoms with E-state index < -0.39 is 0 Å². The molecular weight excluding hydrogens is 212 g/mol. The van der Waals surface area contributed by atoms with Gasteiger partial charge in [0.25, 0.3) is 0 Å². The van der Waals surface area contributed by atoms with Gasteiger partial charge in [-0.1, -0.05) is 23.8 Å². The van der Waals surface area contributed by atoms with Crippen LogP contribution in [-0.4, -0.2) is 5.97 Å². The predicted octanol–water partition coefficient (Wildman–Crippen LogP) is 3.48. The molecule has 1 aliphatic heterocycles. The van der Waals surface area contributed by atoms with E-state index in [-0.39, 0.29) is 11.9 Å². The largest absolute Gasteiger partial charge is 0.426 e. The number of carbonyl (C=O) groups is 1. The van der Waals surface area contributed by atoms with Crippen molar-refractivity contribution >= 4 is 16.7 Å². The third-order valence-corrected chi connectivity index (χ3v) is 3.50. The Morgan fingerprint density at radius 1 is 1.12 bits per heavy atom. The van der Waals surface area contributed by atoms with Crippen molar-refractivity contribution in [3.05, 3.63) is 41.0 Å². The average Bonchev–Trinajstić information content (AvgIpc) is 2.54. The molecule has 1 aliphatic rings. The van der Waals surface area contributed by atoms with Gasteiger partial charge in [0.15, 0.2) is 0 Å². The first-order valence-corrected chi connectivity index (χ1v) is 5.83. The lowest BCUT2D eigenvalue weighted by atomic mass is 9.92. The molecule has 0 saturated carbocycles. The lowest BCUT2D eigenvalue weighted by Gasteiger charge is -2.09. The molecule has 3 rings (SSSR count). The van der Waals surface area contributed by atoms with Gasteiger partial charge in [0.1, 0.15) is 5.75 Å². The first-order chi connectivity index (χ1) is 8.08. The van der Waals surface area contributed by atoms with E-state index in [1.165, 1.54) is 10.9 Å². The molecule has 86 valence electrons. The molecule has 0 fully saturated rings. The van der Waals surface area contributed by atoms with Gasteiger partial charge in [-0.2, -0.15) is 0 Å². The van der Waals surface area contributed by atoms with Crippen LogP contribution >= 0.6 is 0 Å². The van der Waals surface area contributed by atoms with Crippen molar-refractivity contribution in [3.8, 4) is 5.75 Å². The van der Waals surface area contributed by atoms with Gasteiger partial charge in [0.05, 0.1) is 5.92 Å². The van der Waals surface area contributed by atoms with E-state index in [1.807, 2.05) is 13.0 Å². The van der Waals surface area contributed by atoms with E-state index >= 15 is 0 Å². The summed E-state index contributed by atoms with van der Waals surface area (Å²) < 4.78 is 5.31. The molecule has 0 aliphatic carbocycles. The summed E-state index contributed by atoms with van der Waals surface area (Å²) in [6, 6.07) is 8.33. The first kappa shape index (κ1) is 10.3. The molecule has 17 heavy (non-hydrogen) atoms. The third-order valence-electron chi connectivity index (χ3n) is 3.50. The zero-order chi connectivity index (χ0) is 12.2. The predicted molar refractivity (Wildman–Crippen MR) is 67.5 cm³/mol. The van der Waals surface area contributed by atoms with Gasteiger partial charge < -0.3 is 4.74 Å². The highest BCUT2D eigenvalue weighted by molar-refractivity contribution is 5.99. The first-order valence-electron chi connectivity index (χ1n) is 5.83. The van der Waals surface area contributed by atoms with Crippen LogP contribution in [0.1, 0.15) is 29.5 Å². The lowest BCUT2D eigenvalue weighted by Crippen LogP contribution is -2.06. The quantitative estimate of drug-likeness (QED) is 0.508. The summed E-state index contributed by atoms with van der Waals surface area (Å²) in [6.45, 7) is 6.02. The van der Waals surface area contributed by atoms with Crippen molar-refractivity contribution in [1.29, 1.82) is 0 Å². The molecule has 0 aromatic heterocycles. The number of esters is 1. The minimum Gasteiger partial charge on any atom is -0.426 e. The van der Waals surface area contributed by atoms with E-state index in [0.717, 1.165) is 22.3 Å². The SMILES string of the molecule is Cc1ccc2c(C)cc3c(c2c1)C(C)C(=O)O3. The molecule has 1 heterocycles. The molecule has 0 bridgehead atoms. The Kier molecular flexibility index (Phi) is 2.02. The number of aryl methyl sites for hydroxylation is 2. The number of ether oxygens (including phenoxy) is 1. The van der Waals surface area contributed by atoms with Gasteiger partial charge in [0, 0.05) is 5.56 Å². The highest BCUT2D eigenvalue weighted by Crippen LogP contribution is 2.41. The maximum atomic E-state index is 11.6. The van der Waals surface area contributed by atoms with Crippen molar-refractivity contribution in [3.63, 3.8) is 0 Å². The second-order valence-corrected chi connectivity index (χ2v) is 4.80. The Hall–Kier alpha value is -1.83. The smallest absolute Gasteiger partial charge is 0.318 e. The molecule has 0 spiro atoms. The fraction of sp³-hybridized carbons (Fsp3) is 0.267. The van der Waals surface area contributed by atoms with Crippen LogP contribution in [0.15, 0.2) is 24.3 Å². The molecule has 0 N–H and O–H groups in total. The fourth-order valence-corrected chi connectivity index (χ4v) is 2.56. The Morgan fingerprint density at radius 3 is 2.65 bits per heavy atom. The standard InChI is InChI=1S/C15H14O2/c1-8-4-5-11-9(2)7-13-14(12(11)6-8)10(3)15(16)17-13/h4-7,10H,1-3H3. The molecule has 2 aromatic carbocycles. The molecule has 0 amide bonds. The molecule has 1 unspecified atom stereocenters. The minimum absolute atomic E-state index is 0.145. The van der Waals surface area contributed by atoms with Crippen LogP contribution in [0.2, 0.25) is 0 Å². The summed E-state index contributed by atoms with van der Waals surface area (Å²) in [5, 5.41) is 2.36. The molecular formula is C15H14O2. The van der Waals surface area contributed by atoms with Crippen LogP contribution in [0.4, 0.5) is 0 Å². The molecule has 0 saturated heterocycles. The van der Waals surface area contributed by atoms with E-state index in [9.17, 15) is 4.79 Å². The number of hydrogen-bond acceptors (Lipinski definition) is 2. The Labute approximate surface area is 100 Å². The van der Waals surface area contributed by atoms with Crippen LogP contribution in [0.25, 0.3) is 10.8 Å². The van der Waals surface area contributed by atoms with E-state index in [0.29, 0.717) is 0 Å². The van der Waals surface area contributed by atoms with Crippen LogP contribution in [0, 0.1) is 13.8 Å². The van der Waals surface area contributed by atoms with Gasteiger partial charge >= 0.3 is 5.97 Å². The van der Waals surface area contributed by atoms with Crippen molar-refractivity contribution < 1.29 is 9.53 Å². The monoisotopic (exact) mass is 226 g/mol. The van der Waals surface area contributed by atoms with Crippen molar-refractivity contribution in [1.82, 2.24) is 0 Å². The summed E-state index contributed by atoms with van der Waals surface area (Å²) >= 11 is 0. The highest BCUT2D eigenvalue weighted by atomic mass is 16.5. The second-order valence-electron chi connectivity index (χ2n) is 4.80. The van der Waals surface area contributed by atoms with Gasteiger partial charge in [-0.25, -0.2) is 0 Å². The number of hydrogen-bond donors (Lipinski definition) is 0. The zero-order valence-corrected chi connectivity index (χ0v) is 10.2. The summed E-state index contributed by atoms with van der Waals surface area (Å²) in [5.41, 5.74) is 3.40. The van der Waals surface area contributed by atoms with Crippen molar-refractivity contribution in [2.45, 2.75) is 26.7 Å². The molecule has 1 atom stereocenters. The van der Waals surface area contributed by atoms with Gasteiger partial charge in [-0.15, -0.1) is 0 Å². The number of carbonyl (C=O) groups excluding carboxylic acids is 1. The summed E-state index contributed by atoms with van der Waals surface area (Å²) in [5.74, 6) is 0.432. The Bertz CT molecular complexity index is 641. The van der Waals surface area contributed by atoms with Crippen molar-refractivity contribution in [2.24, 2.45) is 0 Å². The van der Waals surface area contributed by atoms with Crippen LogP contribution in [0.3, 0.4) is 0 Å². The maximum Gasteiger partial charge on any atom is 0.318 e. The third kappa shape index (κ3) is 1.37. The summed E-state index contributed by atoms with van der Waals surface area (Å²) in [7, 11) is 0. The second kappa shape index (κ2) is 3.33. The molecule has 2 aromatic rings. The Balaban J connectivity index is 2.45. The van der Waals surface area contributed by atoms with Gasteiger partial charge in [0.2, 0.25) is 0 Å². The molecule has 2 heteroatoms. The summed E-state index contributed by atoms with van der Waals surface area (Å²) in [6.07, 6.45) is 0. The van der Waals surface area contributed by atoms with E-state index in [2.05, 4.69) is 32.0 Å². The topological polar surface area (TPSA) is 26.3 Å². The summed E-state index contributed by atoms with van der Waals surface area (Å²) in [4.78, 5) is 11.6. The highest BCUT2D eigenvalue weighted by Gasteiger charge is 2.31. The van der Waals surface area contributed by atoms with Crippen LogP contribution in [-0.2, 0) is 4.79 Å². The van der Waals surface area contributed by atoms with Crippen LogP contribution in [0.5, 0.6) is 5.75 Å². The number of fused-ring (bicyclic) bond motifs is 3. The zero-order valence-electron chi connectivity index (χ0n) is 10.2. The minimum atomic E-state index is -0.158. The number of rotatable bonds is 0. The fourth-order valence-electron chi connectivity index (χ4n) is 2.56. The van der Waals surface area contributed by atoms with Gasteiger partial charge in [-0.3, -0.25) is 4.79 Å². The lowest BCUT2D eigenvalue weighted by molar-refractivity contribution is -0.133. The van der Waals surface area contributed by atoms with Gasteiger partial charge in [-0.05, 0) is 43.2 Å². The average molecular weight is 226 g/mol. The number of benzene rings is 2. The maximum absolute atomic E-state index is 11.6. The normalized spacial score (nSPS) is 18.3. The van der Waals surface area contributed by atoms with Crippen LogP contribution < -0.4 is 4.74 Å². The Morgan fingerprint density at radius 2 is 1.88 bits per heavy atom. The molecule has 2 nitrogen and oxygen atoms in total.